The smallest absolute Gasteiger partial charge is 0.338 e. The largest absolute Gasteiger partial charge is 0.462 e. The number of hydrogen-bond acceptors (Lipinski definition) is 6. The highest BCUT2D eigenvalue weighted by Crippen LogP contribution is 2.17. The second-order valence-corrected chi connectivity index (χ2v) is 5.93. The minimum absolute atomic E-state index is 0.245. The molecule has 1 heterocycles. The van der Waals surface area contributed by atoms with Gasteiger partial charge in [0, 0.05) is 18.4 Å². The Morgan fingerprint density at radius 2 is 1.68 bits per heavy atom. The summed E-state index contributed by atoms with van der Waals surface area (Å²) in [7, 11) is 1.69. The lowest BCUT2D eigenvalue weighted by atomic mass is 10.2. The van der Waals surface area contributed by atoms with Crippen LogP contribution in [0.1, 0.15) is 27.8 Å². The molecule has 1 N–H and O–H groups in total. The van der Waals surface area contributed by atoms with Gasteiger partial charge in [0.2, 0.25) is 0 Å². The maximum atomic E-state index is 12.5. The van der Waals surface area contributed by atoms with E-state index in [1.165, 1.54) is 4.90 Å². The van der Waals surface area contributed by atoms with Crippen molar-refractivity contribution in [1.29, 1.82) is 0 Å². The molecule has 0 aliphatic heterocycles. The summed E-state index contributed by atoms with van der Waals surface area (Å²) in [5.74, 6) is -0.119. The van der Waals surface area contributed by atoms with Crippen molar-refractivity contribution in [3.8, 4) is 0 Å². The number of nitrogens with zero attached hydrogens (tertiary/aromatic N) is 3. The van der Waals surface area contributed by atoms with Gasteiger partial charge in [0.05, 0.1) is 12.2 Å². The maximum absolute atomic E-state index is 12.5. The van der Waals surface area contributed by atoms with Crippen molar-refractivity contribution in [2.45, 2.75) is 6.92 Å². The first-order valence-electron chi connectivity index (χ1n) is 8.79. The number of anilines is 3. The molecule has 0 radical (unpaired) electrons. The van der Waals surface area contributed by atoms with E-state index in [4.69, 9.17) is 4.74 Å². The lowest BCUT2D eigenvalue weighted by Gasteiger charge is -2.16. The van der Waals surface area contributed by atoms with Gasteiger partial charge in [0.25, 0.3) is 5.91 Å². The van der Waals surface area contributed by atoms with Crippen molar-refractivity contribution in [3.63, 3.8) is 0 Å². The van der Waals surface area contributed by atoms with E-state index in [1.807, 2.05) is 30.3 Å². The lowest BCUT2D eigenvalue weighted by molar-refractivity contribution is 0.0526. The average molecular weight is 376 g/mol. The molecule has 1 aromatic heterocycles. The van der Waals surface area contributed by atoms with Crippen molar-refractivity contribution in [2.24, 2.45) is 0 Å². The maximum Gasteiger partial charge on any atom is 0.338 e. The minimum atomic E-state index is -0.362. The molecule has 7 heteroatoms. The summed E-state index contributed by atoms with van der Waals surface area (Å²) in [6.45, 7) is 2.09. The van der Waals surface area contributed by atoms with Crippen molar-refractivity contribution in [3.05, 3.63) is 78.0 Å². The van der Waals surface area contributed by atoms with Crippen LogP contribution in [-0.4, -0.2) is 35.7 Å². The Morgan fingerprint density at radius 3 is 2.29 bits per heavy atom. The van der Waals surface area contributed by atoms with Gasteiger partial charge in [-0.3, -0.25) is 4.79 Å². The van der Waals surface area contributed by atoms with E-state index in [9.17, 15) is 9.59 Å². The van der Waals surface area contributed by atoms with Crippen molar-refractivity contribution >= 4 is 29.1 Å². The topological polar surface area (TPSA) is 84.4 Å². The van der Waals surface area contributed by atoms with Gasteiger partial charge in [-0.1, -0.05) is 18.2 Å². The van der Waals surface area contributed by atoms with E-state index in [2.05, 4.69) is 15.5 Å². The third kappa shape index (κ3) is 4.50. The van der Waals surface area contributed by atoms with Crippen LogP contribution in [0.2, 0.25) is 0 Å². The molecular weight excluding hydrogens is 356 g/mol. The summed E-state index contributed by atoms with van der Waals surface area (Å²) in [5, 5.41) is 11.1. The number of rotatable bonds is 6. The number of amides is 1. The van der Waals surface area contributed by atoms with Crippen LogP contribution in [0.15, 0.2) is 66.7 Å². The molecule has 7 nitrogen and oxygen atoms in total. The monoisotopic (exact) mass is 376 g/mol. The van der Waals surface area contributed by atoms with Gasteiger partial charge in [-0.2, -0.15) is 0 Å². The number of carbonyl (C=O) groups excluding carboxylic acids is 2. The number of aromatic nitrogens is 2. The molecule has 0 aliphatic carbocycles. The predicted octanol–water partition coefficient (Wildman–Crippen LogP) is 3.67. The number of hydrogen-bond donors (Lipinski definition) is 1. The number of carbonyl (C=O) groups is 2. The van der Waals surface area contributed by atoms with Crippen molar-refractivity contribution in [1.82, 2.24) is 10.2 Å². The molecule has 0 unspecified atom stereocenters. The summed E-state index contributed by atoms with van der Waals surface area (Å²) in [6.07, 6.45) is 0. The standard InChI is InChI=1S/C21H20N4O3/c1-3-28-21(27)15-9-11-16(12-10-15)22-19-14-13-18(23-24-19)20(26)25(2)17-7-5-4-6-8-17/h4-14H,3H2,1-2H3,(H,22,24). The summed E-state index contributed by atoms with van der Waals surface area (Å²) in [6, 6.07) is 19.4. The SMILES string of the molecule is CCOC(=O)c1ccc(Nc2ccc(C(=O)N(C)c3ccccc3)nn2)cc1. The Kier molecular flexibility index (Phi) is 5.96. The van der Waals surface area contributed by atoms with Gasteiger partial charge in [-0.15, -0.1) is 10.2 Å². The van der Waals surface area contributed by atoms with Gasteiger partial charge in [0.1, 0.15) is 0 Å². The molecule has 0 atom stereocenters. The third-order valence-corrected chi connectivity index (χ3v) is 4.00. The molecule has 0 saturated heterocycles. The van der Waals surface area contributed by atoms with Crippen LogP contribution < -0.4 is 10.2 Å². The zero-order valence-corrected chi connectivity index (χ0v) is 15.6. The molecule has 0 spiro atoms. The molecule has 0 aliphatic rings. The summed E-state index contributed by atoms with van der Waals surface area (Å²) in [4.78, 5) is 25.7. The molecule has 2 aromatic carbocycles. The summed E-state index contributed by atoms with van der Waals surface area (Å²) >= 11 is 0. The normalized spacial score (nSPS) is 10.2. The second kappa shape index (κ2) is 8.77. The van der Waals surface area contributed by atoms with Gasteiger partial charge in [-0.05, 0) is 55.5 Å². The number of para-hydroxylation sites is 1. The first kappa shape index (κ1) is 19.0. The molecule has 3 rings (SSSR count). The van der Waals surface area contributed by atoms with Crippen LogP contribution >= 0.6 is 0 Å². The molecule has 28 heavy (non-hydrogen) atoms. The molecular formula is C21H20N4O3. The van der Waals surface area contributed by atoms with Crippen LogP contribution in [-0.2, 0) is 4.74 Å². The van der Waals surface area contributed by atoms with E-state index in [1.54, 1.807) is 50.4 Å². The van der Waals surface area contributed by atoms with E-state index >= 15 is 0 Å². The van der Waals surface area contributed by atoms with Gasteiger partial charge < -0.3 is 15.0 Å². The fraction of sp³-hybridized carbons (Fsp3) is 0.143. The number of ether oxygens (including phenoxy) is 1. The Morgan fingerprint density at radius 1 is 0.964 bits per heavy atom. The first-order valence-corrected chi connectivity index (χ1v) is 8.79. The molecule has 1 amide bonds. The highest BCUT2D eigenvalue weighted by Gasteiger charge is 2.15. The average Bonchev–Trinajstić information content (AvgIpc) is 2.74. The Balaban J connectivity index is 1.66. The van der Waals surface area contributed by atoms with Crippen LogP contribution in [0.25, 0.3) is 0 Å². The van der Waals surface area contributed by atoms with E-state index in [0.29, 0.717) is 18.0 Å². The van der Waals surface area contributed by atoms with Gasteiger partial charge >= 0.3 is 5.97 Å². The van der Waals surface area contributed by atoms with Crippen molar-refractivity contribution in [2.75, 3.05) is 23.9 Å². The highest BCUT2D eigenvalue weighted by molar-refractivity contribution is 6.04. The Bertz CT molecular complexity index is 942. The summed E-state index contributed by atoms with van der Waals surface area (Å²) in [5.41, 5.74) is 2.24. The van der Waals surface area contributed by atoms with Gasteiger partial charge in [-0.25, -0.2) is 4.79 Å². The minimum Gasteiger partial charge on any atom is -0.462 e. The number of esters is 1. The Hall–Kier alpha value is -3.74. The lowest BCUT2D eigenvalue weighted by Crippen LogP contribution is -2.27. The Labute approximate surface area is 163 Å². The first-order chi connectivity index (χ1) is 13.6. The van der Waals surface area contributed by atoms with Crippen molar-refractivity contribution < 1.29 is 14.3 Å². The molecule has 0 saturated carbocycles. The van der Waals surface area contributed by atoms with E-state index < -0.39 is 0 Å². The number of benzene rings is 2. The van der Waals surface area contributed by atoms with Crippen LogP contribution in [0.3, 0.4) is 0 Å². The molecule has 0 bridgehead atoms. The van der Waals surface area contributed by atoms with Gasteiger partial charge in [0.15, 0.2) is 11.5 Å². The van der Waals surface area contributed by atoms with E-state index in [0.717, 1.165) is 11.4 Å². The predicted molar refractivity (Wildman–Crippen MR) is 107 cm³/mol. The second-order valence-electron chi connectivity index (χ2n) is 5.93. The van der Waals surface area contributed by atoms with E-state index in [-0.39, 0.29) is 17.6 Å². The quantitative estimate of drug-likeness (QED) is 0.661. The molecule has 3 aromatic rings. The zero-order chi connectivity index (χ0) is 19.9. The van der Waals surface area contributed by atoms with Crippen LogP contribution in [0, 0.1) is 0 Å². The fourth-order valence-electron chi connectivity index (χ4n) is 2.51. The van der Waals surface area contributed by atoms with Crippen LogP contribution in [0.5, 0.6) is 0 Å². The fourth-order valence-corrected chi connectivity index (χ4v) is 2.51. The molecule has 142 valence electrons. The molecule has 0 fully saturated rings. The number of nitrogens with one attached hydrogen (secondary N) is 1. The highest BCUT2D eigenvalue weighted by atomic mass is 16.5. The zero-order valence-electron chi connectivity index (χ0n) is 15.6. The summed E-state index contributed by atoms with van der Waals surface area (Å²) < 4.78 is 4.96. The third-order valence-electron chi connectivity index (χ3n) is 4.00. The van der Waals surface area contributed by atoms with Crippen LogP contribution in [0.4, 0.5) is 17.2 Å².